The van der Waals surface area contributed by atoms with Crippen LogP contribution in [0.3, 0.4) is 0 Å². The molecule has 3 nitrogen and oxygen atoms in total. The normalized spacial score (nSPS) is 29.1. The highest BCUT2D eigenvalue weighted by atomic mass is 16.3. The van der Waals surface area contributed by atoms with E-state index in [1.807, 2.05) is 6.07 Å². The highest BCUT2D eigenvalue weighted by molar-refractivity contribution is 5.68. The van der Waals surface area contributed by atoms with Gasteiger partial charge in [0, 0.05) is 18.6 Å². The molecule has 3 rings (SSSR count). The van der Waals surface area contributed by atoms with E-state index >= 15 is 0 Å². The first kappa shape index (κ1) is 8.12. The molecule has 74 valence electrons. The van der Waals surface area contributed by atoms with Gasteiger partial charge in [-0.1, -0.05) is 12.1 Å². The van der Waals surface area contributed by atoms with Gasteiger partial charge in [-0.3, -0.25) is 0 Å². The Bertz CT molecular complexity index is 378. The molecule has 2 unspecified atom stereocenters. The molecule has 0 radical (unpaired) electrons. The van der Waals surface area contributed by atoms with Crippen LogP contribution in [0, 0.1) is 0 Å². The molecule has 1 fully saturated rings. The summed E-state index contributed by atoms with van der Waals surface area (Å²) < 4.78 is 0. The number of nitrogens with two attached hydrogens (primary N) is 1. The summed E-state index contributed by atoms with van der Waals surface area (Å²) in [4.78, 5) is 2.26. The number of aromatic hydroxyl groups is 1. The summed E-state index contributed by atoms with van der Waals surface area (Å²) in [6.07, 6.45) is 2.03. The second kappa shape index (κ2) is 2.64. The minimum absolute atomic E-state index is 0.266. The van der Waals surface area contributed by atoms with Crippen LogP contribution in [-0.2, 0) is 6.42 Å². The lowest BCUT2D eigenvalue weighted by Gasteiger charge is -2.20. The average molecular weight is 190 g/mol. The van der Waals surface area contributed by atoms with Crippen molar-refractivity contribution < 1.29 is 5.11 Å². The predicted octanol–water partition coefficient (Wildman–Crippen LogP) is 0.854. The fraction of sp³-hybridized carbons (Fsp3) is 0.455. The molecular formula is C11H14N2O. The maximum absolute atomic E-state index is 9.78. The van der Waals surface area contributed by atoms with Crippen molar-refractivity contribution in [2.75, 3.05) is 11.4 Å². The number of nitrogens with zero attached hydrogens (tertiary/aromatic N) is 1. The Labute approximate surface area is 83.1 Å². The largest absolute Gasteiger partial charge is 0.506 e. The van der Waals surface area contributed by atoms with Crippen LogP contribution in [0.4, 0.5) is 5.69 Å². The zero-order valence-corrected chi connectivity index (χ0v) is 7.98. The molecule has 2 heterocycles. The SMILES string of the molecule is NC1CCN2c3c(O)cccc3CC12. The zero-order valence-electron chi connectivity index (χ0n) is 7.98. The Balaban J connectivity index is 2.09. The minimum Gasteiger partial charge on any atom is -0.506 e. The number of hydrogen-bond donors (Lipinski definition) is 2. The highest BCUT2D eigenvalue weighted by Crippen LogP contribution is 2.42. The lowest BCUT2D eigenvalue weighted by atomic mass is 10.0. The van der Waals surface area contributed by atoms with Crippen molar-refractivity contribution in [2.45, 2.75) is 24.9 Å². The molecule has 0 bridgehead atoms. The first-order chi connectivity index (χ1) is 6.77. The third-order valence-electron chi connectivity index (χ3n) is 3.41. The molecule has 0 aromatic heterocycles. The molecule has 1 aromatic rings. The number of phenolic OH excluding ortho intramolecular Hbond substituents is 1. The lowest BCUT2D eigenvalue weighted by molar-refractivity contribution is 0.475. The molecule has 1 saturated heterocycles. The summed E-state index contributed by atoms with van der Waals surface area (Å²) in [6.45, 7) is 0.983. The van der Waals surface area contributed by atoms with Crippen LogP contribution in [0.25, 0.3) is 0 Å². The average Bonchev–Trinajstić information content (AvgIpc) is 2.68. The van der Waals surface area contributed by atoms with Crippen molar-refractivity contribution in [2.24, 2.45) is 5.73 Å². The number of phenols is 1. The number of benzene rings is 1. The Morgan fingerprint density at radius 3 is 3.14 bits per heavy atom. The molecule has 0 saturated carbocycles. The van der Waals surface area contributed by atoms with E-state index < -0.39 is 0 Å². The standard InChI is InChI=1S/C11H14N2O/c12-8-4-5-13-9(8)6-7-2-1-3-10(14)11(7)13/h1-3,8-9,14H,4-6,12H2. The van der Waals surface area contributed by atoms with Gasteiger partial charge in [0.05, 0.1) is 5.69 Å². The molecule has 3 heteroatoms. The van der Waals surface area contributed by atoms with Gasteiger partial charge in [-0.05, 0) is 24.5 Å². The number of hydrogen-bond acceptors (Lipinski definition) is 3. The van der Waals surface area contributed by atoms with Gasteiger partial charge in [-0.15, -0.1) is 0 Å². The maximum atomic E-state index is 9.78. The Morgan fingerprint density at radius 2 is 2.29 bits per heavy atom. The Morgan fingerprint density at radius 1 is 1.43 bits per heavy atom. The minimum atomic E-state index is 0.266. The maximum Gasteiger partial charge on any atom is 0.139 e. The molecule has 14 heavy (non-hydrogen) atoms. The van der Waals surface area contributed by atoms with Crippen molar-refractivity contribution in [1.29, 1.82) is 0 Å². The van der Waals surface area contributed by atoms with Crippen LogP contribution in [0.5, 0.6) is 5.75 Å². The van der Waals surface area contributed by atoms with Crippen molar-refractivity contribution in [3.05, 3.63) is 23.8 Å². The van der Waals surface area contributed by atoms with E-state index in [0.29, 0.717) is 11.8 Å². The van der Waals surface area contributed by atoms with E-state index in [9.17, 15) is 5.11 Å². The van der Waals surface area contributed by atoms with Crippen molar-refractivity contribution >= 4 is 5.69 Å². The Kier molecular flexibility index (Phi) is 1.53. The summed E-state index contributed by atoms with van der Waals surface area (Å²) in [5.74, 6) is 0.402. The van der Waals surface area contributed by atoms with Gasteiger partial charge in [-0.25, -0.2) is 0 Å². The van der Waals surface area contributed by atoms with Crippen LogP contribution in [0.15, 0.2) is 18.2 Å². The molecule has 0 aliphatic carbocycles. The van der Waals surface area contributed by atoms with Crippen LogP contribution in [0.2, 0.25) is 0 Å². The molecule has 3 N–H and O–H groups in total. The second-order valence-electron chi connectivity index (χ2n) is 4.20. The van der Waals surface area contributed by atoms with Crippen LogP contribution >= 0.6 is 0 Å². The van der Waals surface area contributed by atoms with Gasteiger partial charge in [-0.2, -0.15) is 0 Å². The van der Waals surface area contributed by atoms with Gasteiger partial charge >= 0.3 is 0 Å². The van der Waals surface area contributed by atoms with Crippen molar-refractivity contribution in [1.82, 2.24) is 0 Å². The molecule has 2 aliphatic rings. The van der Waals surface area contributed by atoms with Gasteiger partial charge in [0.1, 0.15) is 5.75 Å². The molecule has 1 aromatic carbocycles. The summed E-state index contributed by atoms with van der Waals surface area (Å²) >= 11 is 0. The fourth-order valence-electron chi connectivity index (χ4n) is 2.72. The van der Waals surface area contributed by atoms with E-state index in [1.54, 1.807) is 6.07 Å². The van der Waals surface area contributed by atoms with Crippen LogP contribution < -0.4 is 10.6 Å². The van der Waals surface area contributed by atoms with Gasteiger partial charge < -0.3 is 15.7 Å². The molecule has 2 atom stereocenters. The monoisotopic (exact) mass is 190 g/mol. The second-order valence-corrected chi connectivity index (χ2v) is 4.20. The first-order valence-corrected chi connectivity index (χ1v) is 5.10. The van der Waals surface area contributed by atoms with E-state index in [-0.39, 0.29) is 6.04 Å². The number of fused-ring (bicyclic) bond motifs is 3. The van der Waals surface area contributed by atoms with Gasteiger partial charge in [0.2, 0.25) is 0 Å². The zero-order chi connectivity index (χ0) is 9.71. The Hall–Kier alpha value is -1.22. The smallest absolute Gasteiger partial charge is 0.139 e. The topological polar surface area (TPSA) is 49.5 Å². The number of para-hydroxylation sites is 1. The number of rotatable bonds is 0. The van der Waals surface area contributed by atoms with Crippen molar-refractivity contribution in [3.8, 4) is 5.75 Å². The van der Waals surface area contributed by atoms with Crippen LogP contribution in [0.1, 0.15) is 12.0 Å². The van der Waals surface area contributed by atoms with Crippen LogP contribution in [-0.4, -0.2) is 23.7 Å². The molecular weight excluding hydrogens is 176 g/mol. The quantitative estimate of drug-likeness (QED) is 0.637. The summed E-state index contributed by atoms with van der Waals surface area (Å²) in [5.41, 5.74) is 8.29. The summed E-state index contributed by atoms with van der Waals surface area (Å²) in [6, 6.07) is 6.42. The first-order valence-electron chi connectivity index (χ1n) is 5.10. The third kappa shape index (κ3) is 0.904. The van der Waals surface area contributed by atoms with E-state index in [4.69, 9.17) is 5.73 Å². The van der Waals surface area contributed by atoms with Crippen molar-refractivity contribution in [3.63, 3.8) is 0 Å². The van der Waals surface area contributed by atoms with Gasteiger partial charge in [0.25, 0.3) is 0 Å². The molecule has 2 aliphatic heterocycles. The van der Waals surface area contributed by atoms with E-state index in [2.05, 4.69) is 11.0 Å². The summed E-state index contributed by atoms with van der Waals surface area (Å²) in [5, 5.41) is 9.78. The van der Waals surface area contributed by atoms with E-state index in [0.717, 1.165) is 25.1 Å². The number of anilines is 1. The summed E-state index contributed by atoms with van der Waals surface area (Å²) in [7, 11) is 0. The highest BCUT2D eigenvalue weighted by Gasteiger charge is 2.39. The third-order valence-corrected chi connectivity index (χ3v) is 3.41. The lowest BCUT2D eigenvalue weighted by Crippen LogP contribution is -2.36. The van der Waals surface area contributed by atoms with E-state index in [1.165, 1.54) is 5.56 Å². The molecule has 0 amide bonds. The fourth-order valence-corrected chi connectivity index (χ4v) is 2.72. The predicted molar refractivity (Wildman–Crippen MR) is 55.5 cm³/mol. The van der Waals surface area contributed by atoms with Gasteiger partial charge in [0.15, 0.2) is 0 Å². The molecule has 0 spiro atoms.